The molecule has 2 rings (SSSR count). The predicted molar refractivity (Wildman–Crippen MR) is 54.2 cm³/mol. The molecule has 17 heavy (non-hydrogen) atoms. The van der Waals surface area contributed by atoms with Gasteiger partial charge in [-0.15, -0.1) is 0 Å². The lowest BCUT2D eigenvalue weighted by Gasteiger charge is -2.13. The topological polar surface area (TPSA) is 110 Å². The predicted octanol–water partition coefficient (Wildman–Crippen LogP) is -1.71. The van der Waals surface area contributed by atoms with E-state index in [-0.39, 0.29) is 6.61 Å². The van der Waals surface area contributed by atoms with Crippen LogP contribution in [0.3, 0.4) is 0 Å². The Morgan fingerprint density at radius 2 is 2.24 bits per heavy atom. The first-order chi connectivity index (χ1) is 8.17. The SMILES string of the molecule is CCOc1cn([C@@H]2O[C@H](CO)[C@@H](O)[C@H]2O)nn1. The fourth-order valence-electron chi connectivity index (χ4n) is 1.70. The monoisotopic (exact) mass is 245 g/mol. The standard InChI is InChI=1S/C9H15N3O5/c1-2-16-6-3-12(11-10-6)9-8(15)7(14)5(4-13)17-9/h3,5,7-9,13-15H,2,4H2,1H3/t5-,7-,8-,9-/m1/s1. The summed E-state index contributed by atoms with van der Waals surface area (Å²) in [6, 6.07) is 0. The molecule has 0 aromatic carbocycles. The van der Waals surface area contributed by atoms with E-state index in [2.05, 4.69) is 10.3 Å². The van der Waals surface area contributed by atoms with Gasteiger partial charge < -0.3 is 24.8 Å². The van der Waals surface area contributed by atoms with Crippen LogP contribution in [0.1, 0.15) is 13.2 Å². The first-order valence-electron chi connectivity index (χ1n) is 5.34. The highest BCUT2D eigenvalue weighted by Crippen LogP contribution is 2.29. The molecule has 0 saturated carbocycles. The summed E-state index contributed by atoms with van der Waals surface area (Å²) in [5, 5.41) is 35.7. The maximum atomic E-state index is 9.74. The normalized spacial score (nSPS) is 32.9. The van der Waals surface area contributed by atoms with Gasteiger partial charge in [0.25, 0.3) is 5.88 Å². The van der Waals surface area contributed by atoms with Gasteiger partial charge in [0, 0.05) is 0 Å². The molecular formula is C9H15N3O5. The maximum absolute atomic E-state index is 9.74. The van der Waals surface area contributed by atoms with E-state index in [1.807, 2.05) is 6.92 Å². The van der Waals surface area contributed by atoms with Crippen molar-refractivity contribution in [2.75, 3.05) is 13.2 Å². The molecule has 0 spiro atoms. The molecule has 1 aliphatic rings. The van der Waals surface area contributed by atoms with Gasteiger partial charge in [0.15, 0.2) is 6.23 Å². The van der Waals surface area contributed by atoms with Crippen LogP contribution in [0.15, 0.2) is 6.20 Å². The molecule has 96 valence electrons. The lowest BCUT2D eigenvalue weighted by atomic mass is 10.1. The summed E-state index contributed by atoms with van der Waals surface area (Å²) in [4.78, 5) is 0. The minimum absolute atomic E-state index is 0.310. The zero-order chi connectivity index (χ0) is 12.4. The van der Waals surface area contributed by atoms with Gasteiger partial charge >= 0.3 is 0 Å². The molecule has 4 atom stereocenters. The molecule has 0 amide bonds. The molecule has 2 heterocycles. The highest BCUT2D eigenvalue weighted by Gasteiger charge is 2.43. The van der Waals surface area contributed by atoms with E-state index < -0.39 is 24.5 Å². The van der Waals surface area contributed by atoms with Crippen LogP contribution in [0, 0.1) is 0 Å². The van der Waals surface area contributed by atoms with Crippen LogP contribution in [-0.2, 0) is 4.74 Å². The first-order valence-corrected chi connectivity index (χ1v) is 5.34. The maximum Gasteiger partial charge on any atom is 0.253 e. The Balaban J connectivity index is 2.11. The van der Waals surface area contributed by atoms with E-state index in [1.54, 1.807) is 0 Å². The van der Waals surface area contributed by atoms with Crippen LogP contribution in [0.25, 0.3) is 0 Å². The van der Waals surface area contributed by atoms with E-state index in [0.717, 1.165) is 0 Å². The van der Waals surface area contributed by atoms with Gasteiger partial charge in [0.05, 0.1) is 19.4 Å². The van der Waals surface area contributed by atoms with Crippen molar-refractivity contribution in [2.45, 2.75) is 31.5 Å². The summed E-state index contributed by atoms with van der Waals surface area (Å²) in [5.74, 6) is 0.310. The van der Waals surface area contributed by atoms with Crippen molar-refractivity contribution in [1.29, 1.82) is 0 Å². The van der Waals surface area contributed by atoms with Crippen LogP contribution in [0.5, 0.6) is 5.88 Å². The molecule has 1 fully saturated rings. The Bertz CT molecular complexity index is 371. The van der Waals surface area contributed by atoms with Crippen molar-refractivity contribution in [2.24, 2.45) is 0 Å². The summed E-state index contributed by atoms with van der Waals surface area (Å²) in [7, 11) is 0. The summed E-state index contributed by atoms with van der Waals surface area (Å²) in [5.41, 5.74) is 0. The average molecular weight is 245 g/mol. The van der Waals surface area contributed by atoms with Crippen molar-refractivity contribution < 1.29 is 24.8 Å². The Morgan fingerprint density at radius 1 is 1.47 bits per heavy atom. The molecule has 0 aliphatic carbocycles. The minimum Gasteiger partial charge on any atom is -0.476 e. The Labute approximate surface area is 97.4 Å². The summed E-state index contributed by atoms with van der Waals surface area (Å²) in [6.45, 7) is 1.89. The molecule has 3 N–H and O–H groups in total. The molecule has 1 aromatic heterocycles. The molecule has 0 radical (unpaired) electrons. The van der Waals surface area contributed by atoms with Crippen molar-refractivity contribution in [1.82, 2.24) is 15.0 Å². The Morgan fingerprint density at radius 3 is 2.82 bits per heavy atom. The second-order valence-corrected chi connectivity index (χ2v) is 3.70. The van der Waals surface area contributed by atoms with E-state index in [0.29, 0.717) is 12.5 Å². The van der Waals surface area contributed by atoms with Crippen molar-refractivity contribution >= 4 is 0 Å². The van der Waals surface area contributed by atoms with E-state index in [9.17, 15) is 10.2 Å². The Kier molecular flexibility index (Phi) is 3.57. The second kappa shape index (κ2) is 4.96. The van der Waals surface area contributed by atoms with Crippen LogP contribution in [-0.4, -0.2) is 61.8 Å². The van der Waals surface area contributed by atoms with Crippen LogP contribution in [0.2, 0.25) is 0 Å². The number of nitrogens with zero attached hydrogens (tertiary/aromatic N) is 3. The molecule has 1 aromatic rings. The molecule has 1 aliphatic heterocycles. The van der Waals surface area contributed by atoms with Gasteiger partial charge in [-0.25, -0.2) is 4.68 Å². The summed E-state index contributed by atoms with van der Waals surface area (Å²) >= 11 is 0. The van der Waals surface area contributed by atoms with Gasteiger partial charge in [0.1, 0.15) is 18.3 Å². The fraction of sp³-hybridized carbons (Fsp3) is 0.778. The second-order valence-electron chi connectivity index (χ2n) is 3.70. The van der Waals surface area contributed by atoms with Crippen LogP contribution in [0.4, 0.5) is 0 Å². The lowest BCUT2D eigenvalue weighted by molar-refractivity contribution is -0.0594. The lowest BCUT2D eigenvalue weighted by Crippen LogP contribution is -2.33. The average Bonchev–Trinajstić information content (AvgIpc) is 2.87. The highest BCUT2D eigenvalue weighted by molar-refractivity contribution is 5.01. The van der Waals surface area contributed by atoms with Crippen LogP contribution >= 0.6 is 0 Å². The number of hydrogen-bond donors (Lipinski definition) is 3. The first kappa shape index (κ1) is 12.2. The van der Waals surface area contributed by atoms with Gasteiger partial charge in [-0.05, 0) is 6.92 Å². The molecule has 1 saturated heterocycles. The molecule has 8 heteroatoms. The van der Waals surface area contributed by atoms with Gasteiger partial charge in [-0.1, -0.05) is 10.3 Å². The smallest absolute Gasteiger partial charge is 0.253 e. The van der Waals surface area contributed by atoms with E-state index in [1.165, 1.54) is 10.9 Å². The number of hydrogen-bond acceptors (Lipinski definition) is 7. The number of ether oxygens (including phenoxy) is 2. The molecular weight excluding hydrogens is 230 g/mol. The Hall–Kier alpha value is -1.22. The van der Waals surface area contributed by atoms with Crippen LogP contribution < -0.4 is 4.74 Å². The minimum atomic E-state index is -1.16. The zero-order valence-electron chi connectivity index (χ0n) is 9.30. The zero-order valence-corrected chi connectivity index (χ0v) is 9.30. The van der Waals surface area contributed by atoms with Gasteiger partial charge in [-0.2, -0.15) is 0 Å². The molecule has 0 unspecified atom stereocenters. The van der Waals surface area contributed by atoms with Gasteiger partial charge in [0.2, 0.25) is 0 Å². The summed E-state index contributed by atoms with van der Waals surface area (Å²) < 4.78 is 11.6. The number of aliphatic hydroxyl groups excluding tert-OH is 3. The van der Waals surface area contributed by atoms with Crippen molar-refractivity contribution in [3.05, 3.63) is 6.20 Å². The third kappa shape index (κ3) is 2.25. The van der Waals surface area contributed by atoms with Crippen molar-refractivity contribution in [3.8, 4) is 5.88 Å². The third-order valence-electron chi connectivity index (χ3n) is 2.56. The van der Waals surface area contributed by atoms with E-state index >= 15 is 0 Å². The fourth-order valence-corrected chi connectivity index (χ4v) is 1.70. The quantitative estimate of drug-likeness (QED) is 0.579. The van der Waals surface area contributed by atoms with Crippen molar-refractivity contribution in [3.63, 3.8) is 0 Å². The van der Waals surface area contributed by atoms with E-state index in [4.69, 9.17) is 14.6 Å². The number of aromatic nitrogens is 3. The highest BCUT2D eigenvalue weighted by atomic mass is 16.6. The molecule has 0 bridgehead atoms. The van der Waals surface area contributed by atoms with Gasteiger partial charge in [-0.3, -0.25) is 0 Å². The number of rotatable bonds is 4. The summed E-state index contributed by atoms with van der Waals surface area (Å²) in [6.07, 6.45) is -2.55. The third-order valence-corrected chi connectivity index (χ3v) is 2.56. The molecule has 8 nitrogen and oxygen atoms in total. The number of aliphatic hydroxyl groups is 3. The largest absolute Gasteiger partial charge is 0.476 e.